The Labute approximate surface area is 124 Å². The van der Waals surface area contributed by atoms with E-state index in [9.17, 15) is 14.4 Å². The highest BCUT2D eigenvalue weighted by Crippen LogP contribution is 2.52. The van der Waals surface area contributed by atoms with E-state index in [1.807, 2.05) is 13.8 Å². The number of allylic oxidation sites excluding steroid dienone is 1. The summed E-state index contributed by atoms with van der Waals surface area (Å²) in [6, 6.07) is 0. The SMILES string of the molecule is CC(=O)C12CCCN1C(=O)C1(N)C=CC(=O)C(C)(C)C1C2. The molecule has 0 aromatic rings. The third-order valence-electron chi connectivity index (χ3n) is 5.89. The number of Topliss-reactive ketones (excluding diaryl/α,β-unsaturated/α-hetero) is 1. The highest BCUT2D eigenvalue weighted by molar-refractivity contribution is 6.04. The third-order valence-corrected chi connectivity index (χ3v) is 5.89. The van der Waals surface area contributed by atoms with E-state index >= 15 is 0 Å². The number of amides is 1. The van der Waals surface area contributed by atoms with E-state index in [0.717, 1.165) is 6.42 Å². The zero-order valence-electron chi connectivity index (χ0n) is 12.8. The number of nitrogens with two attached hydrogens (primary N) is 1. The van der Waals surface area contributed by atoms with Crippen LogP contribution in [0.4, 0.5) is 0 Å². The Hall–Kier alpha value is -1.49. The fraction of sp³-hybridized carbons (Fsp3) is 0.688. The van der Waals surface area contributed by atoms with Crippen LogP contribution in [0.5, 0.6) is 0 Å². The Morgan fingerprint density at radius 2 is 2.05 bits per heavy atom. The van der Waals surface area contributed by atoms with Gasteiger partial charge < -0.3 is 10.6 Å². The summed E-state index contributed by atoms with van der Waals surface area (Å²) >= 11 is 0. The summed E-state index contributed by atoms with van der Waals surface area (Å²) in [5.74, 6) is -0.559. The first-order chi connectivity index (χ1) is 9.66. The number of hydrogen-bond acceptors (Lipinski definition) is 4. The second-order valence-corrected chi connectivity index (χ2v) is 7.26. The molecule has 0 aromatic heterocycles. The van der Waals surface area contributed by atoms with Gasteiger partial charge in [0.1, 0.15) is 11.1 Å². The van der Waals surface area contributed by atoms with E-state index in [4.69, 9.17) is 5.73 Å². The second-order valence-electron chi connectivity index (χ2n) is 7.26. The van der Waals surface area contributed by atoms with Crippen LogP contribution in [0.25, 0.3) is 0 Å². The number of carbonyl (C=O) groups is 3. The number of piperidine rings is 1. The van der Waals surface area contributed by atoms with Gasteiger partial charge in [-0.25, -0.2) is 0 Å². The van der Waals surface area contributed by atoms with Crippen LogP contribution >= 0.6 is 0 Å². The summed E-state index contributed by atoms with van der Waals surface area (Å²) in [5, 5.41) is 0. The fourth-order valence-corrected chi connectivity index (χ4v) is 4.43. The van der Waals surface area contributed by atoms with Crippen molar-refractivity contribution in [3.05, 3.63) is 12.2 Å². The first-order valence-electron chi connectivity index (χ1n) is 7.52. The van der Waals surface area contributed by atoms with Crippen molar-refractivity contribution >= 4 is 17.5 Å². The molecule has 0 bridgehead atoms. The zero-order chi connectivity index (χ0) is 15.6. The second kappa shape index (κ2) is 4.03. The van der Waals surface area contributed by atoms with E-state index in [1.165, 1.54) is 6.08 Å². The molecule has 3 rings (SSSR count). The van der Waals surface area contributed by atoms with Crippen molar-refractivity contribution in [3.8, 4) is 0 Å². The molecule has 5 nitrogen and oxygen atoms in total. The van der Waals surface area contributed by atoms with Gasteiger partial charge >= 0.3 is 0 Å². The van der Waals surface area contributed by atoms with E-state index in [-0.39, 0.29) is 23.4 Å². The molecule has 21 heavy (non-hydrogen) atoms. The normalized spacial score (nSPS) is 41.0. The molecule has 114 valence electrons. The first kappa shape index (κ1) is 14.4. The maximum absolute atomic E-state index is 13.0. The zero-order valence-corrected chi connectivity index (χ0v) is 12.8. The van der Waals surface area contributed by atoms with Crippen LogP contribution in [0.1, 0.15) is 40.0 Å². The number of hydrogen-bond donors (Lipinski definition) is 1. The number of rotatable bonds is 1. The minimum Gasteiger partial charge on any atom is -0.328 e. The predicted molar refractivity (Wildman–Crippen MR) is 77.3 cm³/mol. The Kier molecular flexibility index (Phi) is 2.77. The van der Waals surface area contributed by atoms with Crippen LogP contribution in [0.3, 0.4) is 0 Å². The van der Waals surface area contributed by atoms with Crippen LogP contribution in [0.15, 0.2) is 12.2 Å². The van der Waals surface area contributed by atoms with Gasteiger partial charge in [-0.2, -0.15) is 0 Å². The molecule has 3 unspecified atom stereocenters. The maximum atomic E-state index is 13.0. The van der Waals surface area contributed by atoms with E-state index in [0.29, 0.717) is 19.4 Å². The number of nitrogens with zero attached hydrogens (tertiary/aromatic N) is 1. The van der Waals surface area contributed by atoms with Gasteiger partial charge in [0.05, 0.1) is 0 Å². The molecule has 2 heterocycles. The van der Waals surface area contributed by atoms with Crippen molar-refractivity contribution in [2.45, 2.75) is 51.1 Å². The minimum absolute atomic E-state index is 0.00759. The van der Waals surface area contributed by atoms with Crippen LogP contribution in [0.2, 0.25) is 0 Å². The highest BCUT2D eigenvalue weighted by atomic mass is 16.2. The van der Waals surface area contributed by atoms with Crippen molar-refractivity contribution in [1.82, 2.24) is 4.90 Å². The Bertz CT molecular complexity index is 580. The average Bonchev–Trinajstić information content (AvgIpc) is 2.84. The summed E-state index contributed by atoms with van der Waals surface area (Å²) in [4.78, 5) is 39.1. The van der Waals surface area contributed by atoms with Crippen LogP contribution in [-0.4, -0.2) is 40.0 Å². The van der Waals surface area contributed by atoms with Crippen LogP contribution in [-0.2, 0) is 14.4 Å². The highest BCUT2D eigenvalue weighted by Gasteiger charge is 2.64. The summed E-state index contributed by atoms with van der Waals surface area (Å²) in [6.45, 7) is 5.78. The summed E-state index contributed by atoms with van der Waals surface area (Å²) in [5.41, 5.74) is 3.77. The topological polar surface area (TPSA) is 80.5 Å². The Morgan fingerprint density at radius 1 is 1.38 bits per heavy atom. The van der Waals surface area contributed by atoms with Crippen molar-refractivity contribution in [2.24, 2.45) is 17.1 Å². The molecule has 2 N–H and O–H groups in total. The lowest BCUT2D eigenvalue weighted by molar-refractivity contribution is -0.161. The molecule has 0 spiro atoms. The van der Waals surface area contributed by atoms with Gasteiger partial charge in [0.2, 0.25) is 5.91 Å². The van der Waals surface area contributed by atoms with Crippen molar-refractivity contribution < 1.29 is 14.4 Å². The average molecular weight is 290 g/mol. The summed E-state index contributed by atoms with van der Waals surface area (Å²) < 4.78 is 0. The number of ketones is 2. The number of fused-ring (bicyclic) bond motifs is 2. The maximum Gasteiger partial charge on any atom is 0.247 e. The lowest BCUT2D eigenvalue weighted by Crippen LogP contribution is -2.73. The lowest BCUT2D eigenvalue weighted by atomic mass is 9.56. The fourth-order valence-electron chi connectivity index (χ4n) is 4.43. The first-order valence-corrected chi connectivity index (χ1v) is 7.52. The monoisotopic (exact) mass is 290 g/mol. The molecule has 0 radical (unpaired) electrons. The van der Waals surface area contributed by atoms with Crippen molar-refractivity contribution in [1.29, 1.82) is 0 Å². The van der Waals surface area contributed by atoms with Gasteiger partial charge in [-0.05, 0) is 32.3 Å². The van der Waals surface area contributed by atoms with Crippen LogP contribution in [0, 0.1) is 11.3 Å². The molecule has 5 heteroatoms. The minimum atomic E-state index is -1.17. The molecule has 0 saturated carbocycles. The Morgan fingerprint density at radius 3 is 2.67 bits per heavy atom. The molecule has 1 amide bonds. The lowest BCUT2D eigenvalue weighted by Gasteiger charge is -2.56. The molecule has 1 aliphatic carbocycles. The molecule has 3 atom stereocenters. The van der Waals surface area contributed by atoms with Gasteiger partial charge in [-0.3, -0.25) is 14.4 Å². The van der Waals surface area contributed by atoms with Crippen molar-refractivity contribution in [2.75, 3.05) is 6.54 Å². The van der Waals surface area contributed by atoms with Gasteiger partial charge in [-0.1, -0.05) is 19.9 Å². The van der Waals surface area contributed by atoms with E-state index < -0.39 is 16.5 Å². The summed E-state index contributed by atoms with van der Waals surface area (Å²) in [6.07, 6.45) is 4.95. The smallest absolute Gasteiger partial charge is 0.247 e. The molecule has 0 aromatic carbocycles. The quantitative estimate of drug-likeness (QED) is 0.775. The van der Waals surface area contributed by atoms with Gasteiger partial charge in [0.15, 0.2) is 11.6 Å². The standard InChI is InChI=1S/C16H22N2O3/c1-10(19)15-6-4-8-18(15)13(21)16(17)7-5-12(20)14(2,3)11(16)9-15/h5,7,11H,4,6,8-9,17H2,1-3H3. The molecular weight excluding hydrogens is 268 g/mol. The van der Waals surface area contributed by atoms with Gasteiger partial charge in [0.25, 0.3) is 0 Å². The Balaban J connectivity index is 2.16. The predicted octanol–water partition coefficient (Wildman–Crippen LogP) is 0.819. The van der Waals surface area contributed by atoms with Crippen molar-refractivity contribution in [3.63, 3.8) is 0 Å². The van der Waals surface area contributed by atoms with Gasteiger partial charge in [-0.15, -0.1) is 0 Å². The molecule has 3 aliphatic rings. The molecule has 2 aliphatic heterocycles. The molecule has 2 saturated heterocycles. The molecule has 2 fully saturated rings. The number of carbonyl (C=O) groups excluding carboxylic acids is 3. The van der Waals surface area contributed by atoms with E-state index in [1.54, 1.807) is 17.9 Å². The molecular formula is C16H22N2O3. The summed E-state index contributed by atoms with van der Waals surface area (Å²) in [7, 11) is 0. The third kappa shape index (κ3) is 1.58. The van der Waals surface area contributed by atoms with Gasteiger partial charge in [0, 0.05) is 17.9 Å². The largest absolute Gasteiger partial charge is 0.328 e. The van der Waals surface area contributed by atoms with E-state index in [2.05, 4.69) is 0 Å². The van der Waals surface area contributed by atoms with Crippen LogP contribution < -0.4 is 5.73 Å².